The monoisotopic (exact) mass is 499 g/mol. The first kappa shape index (κ1) is 23.1. The summed E-state index contributed by atoms with van der Waals surface area (Å²) in [5.74, 6) is 6.27. The first-order chi connectivity index (χ1) is 18.5. The predicted octanol–water partition coefficient (Wildman–Crippen LogP) is 4.69. The van der Waals surface area contributed by atoms with Gasteiger partial charge in [0.1, 0.15) is 5.56 Å². The summed E-state index contributed by atoms with van der Waals surface area (Å²) in [6.07, 6.45) is 8.86. The van der Waals surface area contributed by atoms with Gasteiger partial charge in [-0.1, -0.05) is 48.2 Å². The fourth-order valence-electron chi connectivity index (χ4n) is 4.80. The number of benzene rings is 2. The van der Waals surface area contributed by atoms with Crippen LogP contribution in [-0.2, 0) is 7.05 Å². The molecule has 0 aliphatic rings. The molecule has 0 spiro atoms. The molecule has 6 rings (SSSR count). The molecule has 0 saturated carbocycles. The fraction of sp³-hybridized carbons (Fsp3) is 0.100. The maximum Gasteiger partial charge on any atom is 0.257 e. The Kier molecular flexibility index (Phi) is 5.66. The van der Waals surface area contributed by atoms with Crippen LogP contribution in [0.25, 0.3) is 27.7 Å². The Labute approximate surface area is 219 Å². The maximum atomic E-state index is 13.5. The van der Waals surface area contributed by atoms with Crippen LogP contribution in [0.4, 0.5) is 5.69 Å². The van der Waals surface area contributed by atoms with E-state index >= 15 is 0 Å². The number of aryl methyl sites for hydroxylation is 1. The molecule has 6 aromatic rings. The van der Waals surface area contributed by atoms with E-state index in [1.165, 1.54) is 0 Å². The Balaban J connectivity index is 1.46. The van der Waals surface area contributed by atoms with Crippen molar-refractivity contribution in [1.82, 2.24) is 29.5 Å². The van der Waals surface area contributed by atoms with E-state index in [2.05, 4.69) is 44.4 Å². The summed E-state index contributed by atoms with van der Waals surface area (Å²) in [5.41, 5.74) is 13.0. The molecule has 2 aromatic carbocycles. The zero-order chi connectivity index (χ0) is 26.2. The maximum absolute atomic E-state index is 13.5. The van der Waals surface area contributed by atoms with Crippen molar-refractivity contribution in [2.75, 3.05) is 5.73 Å². The third kappa shape index (κ3) is 4.06. The number of fused-ring (bicyclic) bond motifs is 2. The molecule has 8 nitrogen and oxygen atoms in total. The highest BCUT2D eigenvalue weighted by Crippen LogP contribution is 2.37. The van der Waals surface area contributed by atoms with Gasteiger partial charge in [0.15, 0.2) is 5.65 Å². The molecule has 0 radical (unpaired) electrons. The van der Waals surface area contributed by atoms with Crippen LogP contribution in [0.1, 0.15) is 40.1 Å². The summed E-state index contributed by atoms with van der Waals surface area (Å²) in [4.78, 5) is 21.4. The normalized spacial score (nSPS) is 11.8. The number of carbonyl (C=O) groups excluding carboxylic acids is 1. The topological polar surface area (TPSA) is 106 Å². The highest BCUT2D eigenvalue weighted by atomic mass is 16.1. The Morgan fingerprint density at radius 3 is 2.71 bits per heavy atom. The Morgan fingerprint density at radius 2 is 1.92 bits per heavy atom. The molecule has 0 unspecified atom stereocenters. The second-order valence-electron chi connectivity index (χ2n) is 9.16. The molecule has 0 aliphatic carbocycles. The number of nitrogens with two attached hydrogens (primary N) is 1. The lowest BCUT2D eigenvalue weighted by atomic mass is 9.96. The minimum absolute atomic E-state index is 0.291. The highest BCUT2D eigenvalue weighted by molar-refractivity contribution is 6.05. The Hall–Kier alpha value is -5.29. The summed E-state index contributed by atoms with van der Waals surface area (Å²) < 4.78 is 3.51. The molecule has 186 valence electrons. The van der Waals surface area contributed by atoms with Crippen molar-refractivity contribution >= 4 is 28.1 Å². The van der Waals surface area contributed by atoms with Gasteiger partial charge in [-0.15, -0.1) is 0 Å². The smallest absolute Gasteiger partial charge is 0.257 e. The molecule has 0 saturated heterocycles. The molecule has 4 N–H and O–H groups in total. The van der Waals surface area contributed by atoms with Crippen molar-refractivity contribution in [1.29, 1.82) is 0 Å². The van der Waals surface area contributed by atoms with E-state index in [1.54, 1.807) is 39.9 Å². The third-order valence-electron chi connectivity index (χ3n) is 6.57. The van der Waals surface area contributed by atoms with E-state index in [-0.39, 0.29) is 11.9 Å². The molecular weight excluding hydrogens is 474 g/mol. The van der Waals surface area contributed by atoms with Crippen molar-refractivity contribution in [3.63, 3.8) is 0 Å². The standard InChI is InChI=1S/C30H25N7O/c1-19(34-30(38)27-23(31)13-15-37-16-14-32-29(27)37)28-26(21-7-4-3-5-8-21)25-22(9-6-10-24(25)35-28)12-11-20-17-33-36(2)18-20/h3-10,13-19,35H,31H2,1-2H3,(H,34,38)/t19-/m0/s1. The van der Waals surface area contributed by atoms with E-state index < -0.39 is 0 Å². The quantitative estimate of drug-likeness (QED) is 0.306. The number of imidazole rings is 1. The van der Waals surface area contributed by atoms with Crippen LogP contribution in [-0.4, -0.2) is 30.1 Å². The SMILES string of the molecule is C[C@H](NC(=O)c1c(N)ccn2ccnc12)c1[nH]c2cccc(C#Cc3cnn(C)c3)c2c1-c1ccccc1. The molecule has 0 bridgehead atoms. The number of carbonyl (C=O) groups is 1. The minimum Gasteiger partial charge on any atom is -0.398 e. The number of nitrogen functional groups attached to an aromatic ring is 1. The Bertz CT molecular complexity index is 1860. The number of amides is 1. The van der Waals surface area contributed by atoms with Crippen LogP contribution >= 0.6 is 0 Å². The lowest BCUT2D eigenvalue weighted by Crippen LogP contribution is -2.28. The third-order valence-corrected chi connectivity index (χ3v) is 6.57. The molecule has 1 atom stereocenters. The van der Waals surface area contributed by atoms with Crippen LogP contribution in [0.2, 0.25) is 0 Å². The first-order valence-corrected chi connectivity index (χ1v) is 12.2. The second-order valence-corrected chi connectivity index (χ2v) is 9.16. The van der Waals surface area contributed by atoms with Gasteiger partial charge in [0.05, 0.1) is 17.8 Å². The molecule has 4 aromatic heterocycles. The molecule has 0 fully saturated rings. The number of nitrogens with one attached hydrogen (secondary N) is 2. The summed E-state index contributed by atoms with van der Waals surface area (Å²) in [6, 6.07) is 17.5. The Morgan fingerprint density at radius 1 is 1.08 bits per heavy atom. The van der Waals surface area contributed by atoms with Crippen LogP contribution in [0.5, 0.6) is 0 Å². The van der Waals surface area contributed by atoms with Crippen LogP contribution in [0, 0.1) is 11.8 Å². The largest absolute Gasteiger partial charge is 0.398 e. The van der Waals surface area contributed by atoms with Crippen molar-refractivity contribution in [3.8, 4) is 23.0 Å². The number of aromatic amines is 1. The van der Waals surface area contributed by atoms with Crippen molar-refractivity contribution < 1.29 is 4.79 Å². The predicted molar refractivity (Wildman–Crippen MR) is 148 cm³/mol. The van der Waals surface area contributed by atoms with E-state index in [1.807, 2.05) is 56.6 Å². The number of H-pyrrole nitrogens is 1. The lowest BCUT2D eigenvalue weighted by Gasteiger charge is -2.17. The molecule has 4 heterocycles. The van der Waals surface area contributed by atoms with Gasteiger partial charge in [-0.05, 0) is 30.7 Å². The van der Waals surface area contributed by atoms with Crippen molar-refractivity contribution in [2.24, 2.45) is 7.05 Å². The van der Waals surface area contributed by atoms with Gasteiger partial charge < -0.3 is 20.4 Å². The van der Waals surface area contributed by atoms with Gasteiger partial charge in [-0.3, -0.25) is 9.48 Å². The molecule has 8 heteroatoms. The minimum atomic E-state index is -0.362. The first-order valence-electron chi connectivity index (χ1n) is 12.2. The summed E-state index contributed by atoms with van der Waals surface area (Å²) >= 11 is 0. The summed E-state index contributed by atoms with van der Waals surface area (Å²) in [7, 11) is 1.87. The number of nitrogens with zero attached hydrogens (tertiary/aromatic N) is 4. The second kappa shape index (κ2) is 9.30. The van der Waals surface area contributed by atoms with E-state index in [0.717, 1.165) is 38.9 Å². The summed E-state index contributed by atoms with van der Waals surface area (Å²) in [6.45, 7) is 1.96. The number of anilines is 1. The van der Waals surface area contributed by atoms with Gasteiger partial charge in [-0.25, -0.2) is 4.98 Å². The van der Waals surface area contributed by atoms with Gasteiger partial charge in [0.2, 0.25) is 0 Å². The van der Waals surface area contributed by atoms with Gasteiger partial charge in [-0.2, -0.15) is 5.10 Å². The van der Waals surface area contributed by atoms with E-state index in [4.69, 9.17) is 5.73 Å². The number of hydrogen-bond acceptors (Lipinski definition) is 4. The molecular formula is C30H25N7O. The fourth-order valence-corrected chi connectivity index (χ4v) is 4.80. The lowest BCUT2D eigenvalue weighted by molar-refractivity contribution is 0.0941. The van der Waals surface area contributed by atoms with Gasteiger partial charge in [0, 0.05) is 65.2 Å². The number of aromatic nitrogens is 5. The number of hydrogen-bond donors (Lipinski definition) is 3. The average Bonchev–Trinajstić information content (AvgIpc) is 3.66. The van der Waals surface area contributed by atoms with Crippen molar-refractivity contribution in [3.05, 3.63) is 108 Å². The zero-order valence-corrected chi connectivity index (χ0v) is 20.9. The van der Waals surface area contributed by atoms with E-state index in [9.17, 15) is 4.79 Å². The number of pyridine rings is 1. The summed E-state index contributed by atoms with van der Waals surface area (Å²) in [5, 5.41) is 8.35. The van der Waals surface area contributed by atoms with Gasteiger partial charge in [0.25, 0.3) is 5.91 Å². The average molecular weight is 500 g/mol. The van der Waals surface area contributed by atoms with Crippen LogP contribution in [0.3, 0.4) is 0 Å². The highest BCUT2D eigenvalue weighted by Gasteiger charge is 2.23. The molecule has 1 amide bonds. The van der Waals surface area contributed by atoms with Gasteiger partial charge >= 0.3 is 0 Å². The zero-order valence-electron chi connectivity index (χ0n) is 20.9. The van der Waals surface area contributed by atoms with Crippen LogP contribution in [0.15, 0.2) is 85.6 Å². The van der Waals surface area contributed by atoms with E-state index in [0.29, 0.717) is 16.9 Å². The molecule has 38 heavy (non-hydrogen) atoms. The van der Waals surface area contributed by atoms with Crippen molar-refractivity contribution in [2.45, 2.75) is 13.0 Å². The molecule has 0 aliphatic heterocycles. The van der Waals surface area contributed by atoms with Crippen LogP contribution < -0.4 is 11.1 Å². The number of rotatable bonds is 4.